The lowest BCUT2D eigenvalue weighted by Gasteiger charge is -2.08. The second kappa shape index (κ2) is 8.17. The summed E-state index contributed by atoms with van der Waals surface area (Å²) in [6.45, 7) is 0. The van der Waals surface area contributed by atoms with Gasteiger partial charge in [-0.25, -0.2) is 4.98 Å². The van der Waals surface area contributed by atoms with Gasteiger partial charge in [0.05, 0.1) is 25.5 Å². The fourth-order valence-electron chi connectivity index (χ4n) is 3.20. The third-order valence-electron chi connectivity index (χ3n) is 4.66. The van der Waals surface area contributed by atoms with Crippen molar-refractivity contribution in [3.8, 4) is 28.8 Å². The number of aromatic nitrogens is 1. The maximum Gasteiger partial charge on any atom is 0.134 e. The molecule has 0 aliphatic carbocycles. The second-order valence-electron chi connectivity index (χ2n) is 6.34. The van der Waals surface area contributed by atoms with E-state index in [2.05, 4.69) is 24.3 Å². The highest BCUT2D eigenvalue weighted by atomic mass is 32.1. The summed E-state index contributed by atoms with van der Waals surface area (Å²) < 4.78 is 10.7. The number of benzene rings is 3. The molecule has 142 valence electrons. The van der Waals surface area contributed by atoms with Crippen LogP contribution in [0.1, 0.15) is 10.6 Å². The van der Waals surface area contributed by atoms with E-state index < -0.39 is 0 Å². The van der Waals surface area contributed by atoms with Crippen molar-refractivity contribution in [2.75, 3.05) is 14.2 Å². The van der Waals surface area contributed by atoms with E-state index in [9.17, 15) is 5.26 Å². The number of fused-ring (bicyclic) bond motifs is 1. The molecule has 0 N–H and O–H groups in total. The molecule has 5 heteroatoms. The molecule has 0 saturated carbocycles. The zero-order chi connectivity index (χ0) is 20.2. The van der Waals surface area contributed by atoms with Gasteiger partial charge in [-0.15, -0.1) is 11.3 Å². The number of ether oxygens (including phenoxy) is 2. The minimum atomic E-state index is 0.532. The quantitative estimate of drug-likeness (QED) is 0.384. The lowest BCUT2D eigenvalue weighted by molar-refractivity contribution is 0.395. The van der Waals surface area contributed by atoms with E-state index in [1.807, 2.05) is 53.9 Å². The first-order valence-corrected chi connectivity index (χ1v) is 9.89. The van der Waals surface area contributed by atoms with Gasteiger partial charge in [-0.05, 0) is 34.5 Å². The van der Waals surface area contributed by atoms with Crippen LogP contribution in [0.15, 0.2) is 66.0 Å². The van der Waals surface area contributed by atoms with Crippen LogP contribution in [-0.4, -0.2) is 19.2 Å². The van der Waals surface area contributed by atoms with Gasteiger partial charge in [-0.3, -0.25) is 0 Å². The van der Waals surface area contributed by atoms with Crippen molar-refractivity contribution >= 4 is 33.8 Å². The molecule has 0 atom stereocenters. The van der Waals surface area contributed by atoms with Crippen molar-refractivity contribution in [2.45, 2.75) is 0 Å². The molecule has 1 heterocycles. The Morgan fingerprint density at radius 1 is 1.03 bits per heavy atom. The molecule has 0 aliphatic rings. The molecule has 0 aliphatic heterocycles. The molecular weight excluding hydrogens is 380 g/mol. The first-order valence-electron chi connectivity index (χ1n) is 9.01. The van der Waals surface area contributed by atoms with Crippen molar-refractivity contribution in [3.05, 3.63) is 76.6 Å². The normalized spacial score (nSPS) is 11.3. The van der Waals surface area contributed by atoms with Gasteiger partial charge in [-0.2, -0.15) is 5.26 Å². The van der Waals surface area contributed by atoms with E-state index in [0.717, 1.165) is 33.3 Å². The Labute approximate surface area is 173 Å². The average molecular weight is 398 g/mol. The Morgan fingerprint density at radius 3 is 2.66 bits per heavy atom. The predicted molar refractivity (Wildman–Crippen MR) is 118 cm³/mol. The summed E-state index contributed by atoms with van der Waals surface area (Å²) in [7, 11) is 3.24. The SMILES string of the molecule is COc1ccc(-c2csc(/C(C#N)=C/c3cccc4ccccc34)n2)c(OC)c1. The molecule has 0 saturated heterocycles. The maximum absolute atomic E-state index is 9.77. The van der Waals surface area contributed by atoms with E-state index in [1.165, 1.54) is 11.3 Å². The Hall–Kier alpha value is -3.62. The van der Waals surface area contributed by atoms with Crippen LogP contribution in [0.3, 0.4) is 0 Å². The third kappa shape index (κ3) is 3.71. The first-order chi connectivity index (χ1) is 14.2. The number of hydrogen-bond acceptors (Lipinski definition) is 5. The topological polar surface area (TPSA) is 55.1 Å². The van der Waals surface area contributed by atoms with Crippen LogP contribution in [0.25, 0.3) is 33.7 Å². The molecular formula is C24H18N2O2S. The summed E-state index contributed by atoms with van der Waals surface area (Å²) in [6, 6.07) is 22.1. The third-order valence-corrected chi connectivity index (χ3v) is 5.54. The Kier molecular flexibility index (Phi) is 5.28. The van der Waals surface area contributed by atoms with E-state index in [-0.39, 0.29) is 0 Å². The monoisotopic (exact) mass is 398 g/mol. The first kappa shape index (κ1) is 18.7. The van der Waals surface area contributed by atoms with Crippen LogP contribution in [0, 0.1) is 11.3 Å². The van der Waals surface area contributed by atoms with Crippen LogP contribution in [-0.2, 0) is 0 Å². The molecule has 0 bridgehead atoms. The van der Waals surface area contributed by atoms with Crippen molar-refractivity contribution in [1.29, 1.82) is 5.26 Å². The molecule has 3 aromatic carbocycles. The number of thiazole rings is 1. The zero-order valence-electron chi connectivity index (χ0n) is 16.0. The van der Waals surface area contributed by atoms with Gasteiger partial charge in [0.15, 0.2) is 0 Å². The molecule has 0 amide bonds. The van der Waals surface area contributed by atoms with Gasteiger partial charge in [0.1, 0.15) is 22.6 Å². The van der Waals surface area contributed by atoms with Crippen molar-refractivity contribution < 1.29 is 9.47 Å². The highest BCUT2D eigenvalue weighted by molar-refractivity contribution is 7.11. The summed E-state index contributed by atoms with van der Waals surface area (Å²) in [5, 5.41) is 14.6. The number of methoxy groups -OCH3 is 2. The van der Waals surface area contributed by atoms with E-state index >= 15 is 0 Å². The average Bonchev–Trinajstić information content (AvgIpc) is 3.26. The molecule has 0 radical (unpaired) electrons. The molecule has 1 aromatic heterocycles. The van der Waals surface area contributed by atoms with Crippen LogP contribution < -0.4 is 9.47 Å². The lowest BCUT2D eigenvalue weighted by atomic mass is 10.0. The lowest BCUT2D eigenvalue weighted by Crippen LogP contribution is -1.91. The van der Waals surface area contributed by atoms with Crippen LogP contribution in [0.2, 0.25) is 0 Å². The summed E-state index contributed by atoms with van der Waals surface area (Å²) >= 11 is 1.44. The summed E-state index contributed by atoms with van der Waals surface area (Å²) in [5.74, 6) is 1.40. The Balaban J connectivity index is 1.75. The Bertz CT molecular complexity index is 1250. The van der Waals surface area contributed by atoms with Crippen LogP contribution in [0.5, 0.6) is 11.5 Å². The molecule has 0 spiro atoms. The highest BCUT2D eigenvalue weighted by Gasteiger charge is 2.14. The molecule has 4 rings (SSSR count). The largest absolute Gasteiger partial charge is 0.497 e. The summed E-state index contributed by atoms with van der Waals surface area (Å²) in [6.07, 6.45) is 1.90. The molecule has 4 nitrogen and oxygen atoms in total. The van der Waals surface area contributed by atoms with E-state index in [1.54, 1.807) is 14.2 Å². The van der Waals surface area contributed by atoms with E-state index in [4.69, 9.17) is 14.5 Å². The minimum absolute atomic E-state index is 0.532. The smallest absolute Gasteiger partial charge is 0.134 e. The minimum Gasteiger partial charge on any atom is -0.497 e. The van der Waals surface area contributed by atoms with Crippen molar-refractivity contribution in [1.82, 2.24) is 4.98 Å². The fraction of sp³-hybridized carbons (Fsp3) is 0.0833. The molecule has 0 unspecified atom stereocenters. The van der Waals surface area contributed by atoms with Crippen LogP contribution in [0.4, 0.5) is 0 Å². The number of nitrogens with zero attached hydrogens (tertiary/aromatic N) is 2. The second-order valence-corrected chi connectivity index (χ2v) is 7.20. The van der Waals surface area contributed by atoms with Crippen molar-refractivity contribution in [3.63, 3.8) is 0 Å². The fourth-order valence-corrected chi connectivity index (χ4v) is 3.99. The van der Waals surface area contributed by atoms with Crippen molar-refractivity contribution in [2.24, 2.45) is 0 Å². The van der Waals surface area contributed by atoms with Gasteiger partial charge in [0, 0.05) is 17.0 Å². The molecule has 29 heavy (non-hydrogen) atoms. The summed E-state index contributed by atoms with van der Waals surface area (Å²) in [5.41, 5.74) is 3.16. The molecule has 4 aromatic rings. The standard InChI is InChI=1S/C24H18N2O2S/c1-27-19-10-11-21(23(13-19)28-2)22-15-29-24(26-22)18(14-25)12-17-8-5-7-16-6-3-4-9-20(16)17/h3-13,15H,1-2H3/b18-12+. The van der Waals surface area contributed by atoms with Crippen LogP contribution >= 0.6 is 11.3 Å². The Morgan fingerprint density at radius 2 is 1.86 bits per heavy atom. The zero-order valence-corrected chi connectivity index (χ0v) is 16.9. The van der Waals surface area contributed by atoms with Gasteiger partial charge >= 0.3 is 0 Å². The molecule has 0 fully saturated rings. The number of rotatable bonds is 5. The number of allylic oxidation sites excluding steroid dienone is 1. The maximum atomic E-state index is 9.77. The highest BCUT2D eigenvalue weighted by Crippen LogP contribution is 2.35. The van der Waals surface area contributed by atoms with Gasteiger partial charge in [0.2, 0.25) is 0 Å². The van der Waals surface area contributed by atoms with E-state index in [0.29, 0.717) is 16.3 Å². The van der Waals surface area contributed by atoms with Gasteiger partial charge in [-0.1, -0.05) is 42.5 Å². The van der Waals surface area contributed by atoms with Gasteiger partial charge in [0.25, 0.3) is 0 Å². The predicted octanol–water partition coefficient (Wildman–Crippen LogP) is 6.04. The summed E-state index contributed by atoms with van der Waals surface area (Å²) in [4.78, 5) is 4.70. The van der Waals surface area contributed by atoms with Gasteiger partial charge < -0.3 is 9.47 Å². The number of hydrogen-bond donors (Lipinski definition) is 0. The number of nitriles is 1.